The number of piperidine rings is 1. The third-order valence-electron chi connectivity index (χ3n) is 11.6. The van der Waals surface area contributed by atoms with Crippen molar-refractivity contribution in [1.82, 2.24) is 20.9 Å². The lowest BCUT2D eigenvalue weighted by Crippen LogP contribution is -2.68. The van der Waals surface area contributed by atoms with Crippen LogP contribution in [-0.2, 0) is 24.0 Å². The number of aliphatic hydroxyl groups is 1. The van der Waals surface area contributed by atoms with Gasteiger partial charge in [0.15, 0.2) is 0 Å². The van der Waals surface area contributed by atoms with Crippen LogP contribution < -0.4 is 21.7 Å². The van der Waals surface area contributed by atoms with Crippen LogP contribution >= 0.6 is 0 Å². The second-order valence-electron chi connectivity index (χ2n) is 14.8. The second kappa shape index (κ2) is 9.80. The highest BCUT2D eigenvalue weighted by atomic mass is 19.4. The Labute approximate surface area is 247 Å². The van der Waals surface area contributed by atoms with Crippen molar-refractivity contribution in [2.45, 2.75) is 95.1 Å². The SMILES string of the molecule is CC1(C)[C@@H]2[C@@H](C(=O)N[C@@H](C[C@@H]3CCNC3=O)C(N)=O)N(C(=O)[C@@H](NC(=O)C(F)(F)F)[C@@]34C[C@@H]5C[C@@H](C[C@](O)(C5)C3)C4)C[C@@H]21. The third-order valence-corrected chi connectivity index (χ3v) is 11.6. The number of nitrogens with zero attached hydrogens (tertiary/aromatic N) is 1. The minimum Gasteiger partial charge on any atom is -0.390 e. The number of hydrogen-bond acceptors (Lipinski definition) is 6. The molecule has 5 amide bonds. The van der Waals surface area contributed by atoms with Crippen LogP contribution in [0.25, 0.3) is 0 Å². The summed E-state index contributed by atoms with van der Waals surface area (Å²) in [7, 11) is 0. The Bertz CT molecular complexity index is 1240. The number of amides is 5. The van der Waals surface area contributed by atoms with E-state index < -0.39 is 64.9 Å². The second-order valence-corrected chi connectivity index (χ2v) is 14.8. The summed E-state index contributed by atoms with van der Waals surface area (Å²) in [5.74, 6) is -5.67. The zero-order chi connectivity index (χ0) is 31.3. The molecule has 4 bridgehead atoms. The van der Waals surface area contributed by atoms with E-state index in [0.717, 1.165) is 6.42 Å². The monoisotopic (exact) mass is 611 g/mol. The Morgan fingerprint density at radius 3 is 2.30 bits per heavy atom. The molecule has 238 valence electrons. The smallest absolute Gasteiger partial charge is 0.390 e. The standard InChI is InChI=1S/C29H40F3N5O6/c1-26(2)16-11-37(19(18(16)26)23(40)35-17(21(33)38)6-15-3-4-34-22(15)39)24(41)20(36-25(42)29(30,31)32)27-7-13-5-14(8-27)10-28(43,9-13)12-27/h13-20,43H,3-12H2,1-2H3,(H2,33,38)(H,34,39)(H,35,40)(H,36,42)/t13-,14+,15-,16-,17-,18-,19-,20+,27+,28+/m0/s1. The molecule has 0 aromatic heterocycles. The molecule has 14 heteroatoms. The van der Waals surface area contributed by atoms with Gasteiger partial charge in [0.05, 0.1) is 5.60 Å². The molecule has 2 saturated heterocycles. The van der Waals surface area contributed by atoms with Gasteiger partial charge in [-0.3, -0.25) is 24.0 Å². The van der Waals surface area contributed by atoms with E-state index in [9.17, 15) is 42.3 Å². The van der Waals surface area contributed by atoms with E-state index in [4.69, 9.17) is 5.73 Å². The maximum Gasteiger partial charge on any atom is 0.471 e. The number of alkyl halides is 3. The predicted octanol–water partition coefficient (Wildman–Crippen LogP) is 0.344. The molecule has 5 aliphatic carbocycles. The van der Waals surface area contributed by atoms with E-state index >= 15 is 0 Å². The summed E-state index contributed by atoms with van der Waals surface area (Å²) in [5, 5.41) is 18.6. The average molecular weight is 612 g/mol. The van der Waals surface area contributed by atoms with Crippen LogP contribution in [0.15, 0.2) is 0 Å². The molecule has 0 spiro atoms. The molecule has 0 radical (unpaired) electrons. The maximum absolute atomic E-state index is 14.4. The highest BCUT2D eigenvalue weighted by Gasteiger charge is 2.71. The van der Waals surface area contributed by atoms with E-state index in [2.05, 4.69) is 10.6 Å². The first kappa shape index (κ1) is 30.1. The van der Waals surface area contributed by atoms with Crippen LogP contribution in [0.3, 0.4) is 0 Å². The van der Waals surface area contributed by atoms with Gasteiger partial charge in [0.2, 0.25) is 23.6 Å². The van der Waals surface area contributed by atoms with Crippen molar-refractivity contribution in [2.24, 2.45) is 46.2 Å². The minimum atomic E-state index is -5.23. The number of carbonyl (C=O) groups excluding carboxylic acids is 5. The minimum absolute atomic E-state index is 0.0141. The van der Waals surface area contributed by atoms with Crippen molar-refractivity contribution in [3.05, 3.63) is 0 Å². The van der Waals surface area contributed by atoms with Crippen molar-refractivity contribution in [2.75, 3.05) is 13.1 Å². The lowest BCUT2D eigenvalue weighted by Gasteiger charge is -2.62. The number of likely N-dealkylation sites (tertiary alicyclic amines) is 1. The topological polar surface area (TPSA) is 171 Å². The van der Waals surface area contributed by atoms with E-state index in [0.29, 0.717) is 38.6 Å². The van der Waals surface area contributed by atoms with Crippen LogP contribution in [0, 0.1) is 40.4 Å². The molecule has 0 aromatic carbocycles. The van der Waals surface area contributed by atoms with Gasteiger partial charge in [0, 0.05) is 24.4 Å². The Hall–Kier alpha value is -2.90. The van der Waals surface area contributed by atoms with Gasteiger partial charge in [-0.05, 0) is 80.5 Å². The van der Waals surface area contributed by atoms with Crippen molar-refractivity contribution in [3.8, 4) is 0 Å². The van der Waals surface area contributed by atoms with Crippen LogP contribution in [0.2, 0.25) is 0 Å². The largest absolute Gasteiger partial charge is 0.471 e. The van der Waals surface area contributed by atoms with Gasteiger partial charge in [-0.1, -0.05) is 13.8 Å². The van der Waals surface area contributed by atoms with E-state index in [-0.39, 0.29) is 54.4 Å². The van der Waals surface area contributed by atoms with Gasteiger partial charge in [0.25, 0.3) is 0 Å². The molecule has 11 nitrogen and oxygen atoms in total. The van der Waals surface area contributed by atoms with Gasteiger partial charge >= 0.3 is 12.1 Å². The van der Waals surface area contributed by atoms with Crippen molar-refractivity contribution in [3.63, 3.8) is 0 Å². The molecule has 2 aliphatic heterocycles. The zero-order valence-corrected chi connectivity index (χ0v) is 24.3. The highest BCUT2D eigenvalue weighted by molar-refractivity contribution is 5.96. The number of halogens is 3. The predicted molar refractivity (Wildman–Crippen MR) is 143 cm³/mol. The first-order valence-electron chi connectivity index (χ1n) is 15.2. The van der Waals surface area contributed by atoms with Crippen LogP contribution in [0.5, 0.6) is 0 Å². The van der Waals surface area contributed by atoms with Gasteiger partial charge < -0.3 is 31.7 Å². The maximum atomic E-state index is 14.4. The van der Waals surface area contributed by atoms with E-state index in [1.165, 1.54) is 4.90 Å². The normalized spacial score (nSPS) is 40.0. The molecule has 7 fully saturated rings. The number of rotatable bonds is 8. The number of primary amides is 1. The van der Waals surface area contributed by atoms with Crippen LogP contribution in [0.1, 0.15) is 65.2 Å². The Morgan fingerprint density at radius 1 is 1.12 bits per heavy atom. The molecular formula is C29H40F3N5O6. The summed E-state index contributed by atoms with van der Waals surface area (Å²) < 4.78 is 40.7. The number of nitrogens with one attached hydrogen (secondary N) is 3. The zero-order valence-electron chi connectivity index (χ0n) is 24.3. The number of carbonyl (C=O) groups is 5. The summed E-state index contributed by atoms with van der Waals surface area (Å²) in [6.07, 6.45) is -2.03. The van der Waals surface area contributed by atoms with E-state index in [1.54, 1.807) is 0 Å². The first-order chi connectivity index (χ1) is 19.9. The van der Waals surface area contributed by atoms with Gasteiger partial charge in [-0.15, -0.1) is 0 Å². The molecule has 6 N–H and O–H groups in total. The fourth-order valence-electron chi connectivity index (χ4n) is 9.95. The molecule has 0 aromatic rings. The lowest BCUT2D eigenvalue weighted by atomic mass is 9.46. The lowest BCUT2D eigenvalue weighted by molar-refractivity contribution is -0.191. The van der Waals surface area contributed by atoms with Crippen molar-refractivity contribution < 1.29 is 42.3 Å². The number of fused-ring (bicyclic) bond motifs is 1. The summed E-state index contributed by atoms with van der Waals surface area (Å²) >= 11 is 0. The molecule has 7 aliphatic rings. The fraction of sp³-hybridized carbons (Fsp3) is 0.828. The van der Waals surface area contributed by atoms with Gasteiger partial charge in [-0.25, -0.2) is 0 Å². The fourth-order valence-corrected chi connectivity index (χ4v) is 9.95. The van der Waals surface area contributed by atoms with Gasteiger partial charge in [-0.2, -0.15) is 13.2 Å². The van der Waals surface area contributed by atoms with Crippen LogP contribution in [-0.4, -0.2) is 82.5 Å². The molecular weight excluding hydrogens is 571 g/mol. The summed E-state index contributed by atoms with van der Waals surface area (Å²) in [4.78, 5) is 66.3. The Balaban J connectivity index is 1.29. The molecule has 0 unspecified atom stereocenters. The van der Waals surface area contributed by atoms with E-state index in [1.807, 2.05) is 19.2 Å². The highest BCUT2D eigenvalue weighted by Crippen LogP contribution is 2.66. The van der Waals surface area contributed by atoms with Crippen molar-refractivity contribution in [1.29, 1.82) is 0 Å². The van der Waals surface area contributed by atoms with Crippen molar-refractivity contribution >= 4 is 29.5 Å². The third kappa shape index (κ3) is 5.06. The molecule has 10 atom stereocenters. The molecule has 43 heavy (non-hydrogen) atoms. The van der Waals surface area contributed by atoms with Crippen LogP contribution in [0.4, 0.5) is 13.2 Å². The summed E-state index contributed by atoms with van der Waals surface area (Å²) in [5.41, 5.74) is 3.05. The average Bonchev–Trinajstić information content (AvgIpc) is 3.22. The van der Waals surface area contributed by atoms with Gasteiger partial charge in [0.1, 0.15) is 18.1 Å². The summed E-state index contributed by atoms with van der Waals surface area (Å²) in [6.45, 7) is 4.43. The molecule has 5 saturated carbocycles. The quantitative estimate of drug-likeness (QED) is 0.265. The molecule has 2 heterocycles. The first-order valence-corrected chi connectivity index (χ1v) is 15.2. The Morgan fingerprint density at radius 2 is 1.77 bits per heavy atom. The summed E-state index contributed by atoms with van der Waals surface area (Å²) in [6, 6.07) is -3.87. The Kier molecular flexibility index (Phi) is 6.87. The number of nitrogens with two attached hydrogens (primary N) is 1. The molecule has 7 rings (SSSR count). The number of hydrogen-bond donors (Lipinski definition) is 5.